The number of carbonyl (C=O) groups is 1. The van der Waals surface area contributed by atoms with Crippen molar-refractivity contribution in [2.45, 2.75) is 25.7 Å². The first kappa shape index (κ1) is 24.9. The highest BCUT2D eigenvalue weighted by molar-refractivity contribution is 7.92. The summed E-state index contributed by atoms with van der Waals surface area (Å²) >= 11 is 0. The Morgan fingerprint density at radius 2 is 1.44 bits per heavy atom. The molecule has 0 aliphatic rings. The van der Waals surface area contributed by atoms with Gasteiger partial charge in [-0.2, -0.15) is 5.10 Å². The predicted octanol–water partition coefficient (Wildman–Crippen LogP) is 5.93. The Bertz CT molecular complexity index is 1530. The van der Waals surface area contributed by atoms with Gasteiger partial charge in [0.2, 0.25) is 0 Å². The van der Waals surface area contributed by atoms with Crippen LogP contribution in [0.1, 0.15) is 34.0 Å². The van der Waals surface area contributed by atoms with E-state index in [0.29, 0.717) is 11.4 Å². The number of hydrogen-bond donors (Lipinski definition) is 2. The Labute approximate surface area is 211 Å². The van der Waals surface area contributed by atoms with Gasteiger partial charge in [0.25, 0.3) is 15.9 Å². The van der Waals surface area contributed by atoms with E-state index in [2.05, 4.69) is 15.2 Å². The van der Waals surface area contributed by atoms with Gasteiger partial charge in [-0.05, 0) is 67.3 Å². The largest absolute Gasteiger partial charge is 0.279 e. The fraction of sp³-hybridized carbons (Fsp3) is 0.103. The lowest BCUT2D eigenvalue weighted by Gasteiger charge is -2.12. The lowest BCUT2D eigenvalue weighted by molar-refractivity contribution is 0.0954. The van der Waals surface area contributed by atoms with Crippen LogP contribution in [-0.2, 0) is 10.0 Å². The average molecular weight is 498 g/mol. The van der Waals surface area contributed by atoms with E-state index in [9.17, 15) is 13.2 Å². The zero-order valence-corrected chi connectivity index (χ0v) is 21.1. The van der Waals surface area contributed by atoms with Crippen molar-refractivity contribution in [1.82, 2.24) is 5.43 Å². The molecule has 0 radical (unpaired) electrons. The number of nitrogens with one attached hydrogen (secondary N) is 2. The van der Waals surface area contributed by atoms with Gasteiger partial charge in [-0.25, -0.2) is 13.8 Å². The lowest BCUT2D eigenvalue weighted by Crippen LogP contribution is -2.20. The summed E-state index contributed by atoms with van der Waals surface area (Å²) in [5.41, 5.74) is 8.76. The van der Waals surface area contributed by atoms with Crippen LogP contribution in [-0.4, -0.2) is 20.0 Å². The summed E-state index contributed by atoms with van der Waals surface area (Å²) in [6, 6.07) is 29.3. The normalized spacial score (nSPS) is 11.7. The number of nitrogens with zero attached hydrogens (tertiary/aromatic N) is 1. The minimum absolute atomic E-state index is 0.00710. The minimum Gasteiger partial charge on any atom is -0.279 e. The highest BCUT2D eigenvalue weighted by Crippen LogP contribution is 2.22. The molecular weight excluding hydrogens is 470 g/mol. The summed E-state index contributed by atoms with van der Waals surface area (Å²) in [4.78, 5) is 12.7. The first-order valence-electron chi connectivity index (χ1n) is 11.4. The van der Waals surface area contributed by atoms with Crippen molar-refractivity contribution in [2.24, 2.45) is 5.10 Å². The van der Waals surface area contributed by atoms with E-state index in [-0.39, 0.29) is 10.5 Å². The van der Waals surface area contributed by atoms with E-state index in [4.69, 9.17) is 0 Å². The number of benzene rings is 4. The van der Waals surface area contributed by atoms with E-state index in [1.54, 1.807) is 19.1 Å². The molecule has 0 bridgehead atoms. The van der Waals surface area contributed by atoms with Gasteiger partial charge in [-0.1, -0.05) is 78.4 Å². The van der Waals surface area contributed by atoms with E-state index in [1.807, 2.05) is 80.6 Å². The number of amides is 1. The van der Waals surface area contributed by atoms with Crippen LogP contribution in [0.3, 0.4) is 0 Å². The molecule has 0 saturated carbocycles. The smallest absolute Gasteiger partial charge is 0.271 e. The standard InChI is InChI=1S/C29H27N3O3S/c1-20-12-17-28(21(2)18-20)32-36(34,35)27-11-7-10-26(19-27)29(33)31-30-22(3)23-13-15-25(16-14-23)24-8-5-4-6-9-24/h4-19,32H,1-3H3,(H,31,33). The summed E-state index contributed by atoms with van der Waals surface area (Å²) in [6.45, 7) is 5.58. The molecule has 1 amide bonds. The lowest BCUT2D eigenvalue weighted by atomic mass is 10.0. The van der Waals surface area contributed by atoms with Gasteiger partial charge in [-0.15, -0.1) is 0 Å². The molecular formula is C29H27N3O3S. The molecule has 6 nitrogen and oxygen atoms in total. The average Bonchev–Trinajstić information content (AvgIpc) is 2.89. The van der Waals surface area contributed by atoms with Crippen molar-refractivity contribution in [2.75, 3.05) is 4.72 Å². The molecule has 7 heteroatoms. The molecule has 2 N–H and O–H groups in total. The maximum Gasteiger partial charge on any atom is 0.271 e. The Morgan fingerprint density at radius 1 is 0.750 bits per heavy atom. The van der Waals surface area contributed by atoms with Gasteiger partial charge in [0.05, 0.1) is 16.3 Å². The Morgan fingerprint density at radius 3 is 2.14 bits per heavy atom. The van der Waals surface area contributed by atoms with E-state index in [0.717, 1.165) is 27.8 Å². The molecule has 182 valence electrons. The van der Waals surface area contributed by atoms with Crippen LogP contribution in [0, 0.1) is 13.8 Å². The first-order chi connectivity index (χ1) is 17.2. The van der Waals surface area contributed by atoms with Gasteiger partial charge in [0, 0.05) is 5.56 Å². The van der Waals surface area contributed by atoms with Crippen LogP contribution in [0.2, 0.25) is 0 Å². The third kappa shape index (κ3) is 5.87. The van der Waals surface area contributed by atoms with Gasteiger partial charge in [0.1, 0.15) is 0 Å². The fourth-order valence-corrected chi connectivity index (χ4v) is 4.91. The second-order valence-corrected chi connectivity index (χ2v) is 10.2. The van der Waals surface area contributed by atoms with Crippen molar-refractivity contribution < 1.29 is 13.2 Å². The number of hydrazone groups is 1. The number of anilines is 1. The molecule has 0 saturated heterocycles. The fourth-order valence-electron chi connectivity index (χ4n) is 3.73. The highest BCUT2D eigenvalue weighted by atomic mass is 32.2. The first-order valence-corrected chi connectivity index (χ1v) is 12.9. The molecule has 0 aliphatic carbocycles. The molecule has 4 rings (SSSR count). The number of aryl methyl sites for hydroxylation is 2. The monoisotopic (exact) mass is 497 g/mol. The third-order valence-electron chi connectivity index (χ3n) is 5.77. The van der Waals surface area contributed by atoms with Crippen molar-refractivity contribution in [3.05, 3.63) is 119 Å². The van der Waals surface area contributed by atoms with Crippen LogP contribution in [0.4, 0.5) is 5.69 Å². The van der Waals surface area contributed by atoms with Gasteiger partial charge in [-0.3, -0.25) is 9.52 Å². The van der Waals surface area contributed by atoms with Crippen molar-refractivity contribution in [1.29, 1.82) is 0 Å². The van der Waals surface area contributed by atoms with E-state index in [1.165, 1.54) is 18.2 Å². The van der Waals surface area contributed by atoms with Crippen LogP contribution >= 0.6 is 0 Å². The molecule has 0 heterocycles. The van der Waals surface area contributed by atoms with Gasteiger partial charge < -0.3 is 0 Å². The quantitative estimate of drug-likeness (QED) is 0.245. The number of hydrogen-bond acceptors (Lipinski definition) is 4. The van der Waals surface area contributed by atoms with Crippen LogP contribution < -0.4 is 10.1 Å². The molecule has 0 aliphatic heterocycles. The predicted molar refractivity (Wildman–Crippen MR) is 145 cm³/mol. The number of sulfonamides is 1. The minimum atomic E-state index is -3.87. The Kier molecular flexibility index (Phi) is 7.31. The topological polar surface area (TPSA) is 87.6 Å². The third-order valence-corrected chi connectivity index (χ3v) is 7.13. The van der Waals surface area contributed by atoms with Crippen LogP contribution in [0.5, 0.6) is 0 Å². The SMILES string of the molecule is CC(=NNC(=O)c1cccc(S(=O)(=O)Nc2ccc(C)cc2C)c1)c1ccc(-c2ccccc2)cc1. The second kappa shape index (κ2) is 10.6. The Balaban J connectivity index is 1.46. The molecule has 0 fully saturated rings. The van der Waals surface area contributed by atoms with E-state index < -0.39 is 15.9 Å². The summed E-state index contributed by atoms with van der Waals surface area (Å²) in [5, 5.41) is 4.20. The molecule has 4 aromatic carbocycles. The number of carbonyl (C=O) groups excluding carboxylic acids is 1. The summed E-state index contributed by atoms with van der Waals surface area (Å²) < 4.78 is 28.4. The summed E-state index contributed by atoms with van der Waals surface area (Å²) in [7, 11) is -3.87. The van der Waals surface area contributed by atoms with Crippen molar-refractivity contribution >= 4 is 27.3 Å². The molecule has 0 atom stereocenters. The van der Waals surface area contributed by atoms with Gasteiger partial charge >= 0.3 is 0 Å². The molecule has 4 aromatic rings. The number of rotatable bonds is 7. The molecule has 36 heavy (non-hydrogen) atoms. The van der Waals surface area contributed by atoms with Crippen LogP contribution in [0.15, 0.2) is 107 Å². The van der Waals surface area contributed by atoms with Crippen molar-refractivity contribution in [3.8, 4) is 11.1 Å². The summed E-state index contributed by atoms with van der Waals surface area (Å²) in [5.74, 6) is -0.501. The second-order valence-electron chi connectivity index (χ2n) is 8.53. The highest BCUT2D eigenvalue weighted by Gasteiger charge is 2.17. The molecule has 0 spiro atoms. The van der Waals surface area contributed by atoms with Crippen molar-refractivity contribution in [3.63, 3.8) is 0 Å². The van der Waals surface area contributed by atoms with E-state index >= 15 is 0 Å². The maximum absolute atomic E-state index is 12.9. The maximum atomic E-state index is 12.9. The Hall–Kier alpha value is -4.23. The molecule has 0 aromatic heterocycles. The van der Waals surface area contributed by atoms with Gasteiger partial charge in [0.15, 0.2) is 0 Å². The zero-order chi connectivity index (χ0) is 25.7. The van der Waals surface area contributed by atoms with Crippen LogP contribution in [0.25, 0.3) is 11.1 Å². The summed E-state index contributed by atoms with van der Waals surface area (Å²) in [6.07, 6.45) is 0. The zero-order valence-electron chi connectivity index (χ0n) is 20.3. The molecule has 0 unspecified atom stereocenters.